The summed E-state index contributed by atoms with van der Waals surface area (Å²) in [5, 5.41) is 0.812. The van der Waals surface area contributed by atoms with Gasteiger partial charge in [0.05, 0.1) is 6.54 Å². The minimum atomic E-state index is -0.263. The van der Waals surface area contributed by atoms with Gasteiger partial charge in [-0.1, -0.05) is 37.3 Å². The largest absolute Gasteiger partial charge is 0.336 e. The first-order valence-corrected chi connectivity index (χ1v) is 10.0. The molecule has 0 unspecified atom stereocenters. The number of nitrogens with zero attached hydrogens (tertiary/aromatic N) is 3. The van der Waals surface area contributed by atoms with Crippen molar-refractivity contribution < 1.29 is 4.79 Å². The van der Waals surface area contributed by atoms with Crippen LogP contribution in [0, 0.1) is 0 Å². The zero-order valence-electron chi connectivity index (χ0n) is 16.2. The molecule has 1 aromatic carbocycles. The molecule has 0 aliphatic carbocycles. The van der Waals surface area contributed by atoms with Crippen molar-refractivity contribution in [1.82, 2.24) is 14.5 Å². The molecule has 1 fully saturated rings. The van der Waals surface area contributed by atoms with Crippen molar-refractivity contribution in [2.24, 2.45) is 0 Å². The molecule has 1 aliphatic rings. The number of amides is 1. The van der Waals surface area contributed by atoms with E-state index in [2.05, 4.69) is 11.9 Å². The summed E-state index contributed by atoms with van der Waals surface area (Å²) in [7, 11) is 0. The normalized spacial score (nSPS) is 17.0. The number of pyridine rings is 2. The van der Waals surface area contributed by atoms with E-state index in [9.17, 15) is 9.59 Å². The van der Waals surface area contributed by atoms with Crippen LogP contribution in [0.1, 0.15) is 48.5 Å². The van der Waals surface area contributed by atoms with Crippen LogP contribution in [0.4, 0.5) is 0 Å². The van der Waals surface area contributed by atoms with Gasteiger partial charge < -0.3 is 4.90 Å². The molecule has 0 radical (unpaired) electrons. The Morgan fingerprint density at radius 1 is 1.14 bits per heavy atom. The summed E-state index contributed by atoms with van der Waals surface area (Å²) in [4.78, 5) is 33.0. The maximum absolute atomic E-state index is 13.3. The molecule has 144 valence electrons. The highest BCUT2D eigenvalue weighted by Crippen LogP contribution is 2.22. The fourth-order valence-corrected chi connectivity index (χ4v) is 4.12. The van der Waals surface area contributed by atoms with Gasteiger partial charge in [-0.05, 0) is 49.4 Å². The molecule has 0 spiro atoms. The predicted octanol–water partition coefficient (Wildman–Crippen LogP) is 3.85. The van der Waals surface area contributed by atoms with Crippen LogP contribution in [-0.4, -0.2) is 32.9 Å². The molecule has 0 saturated carbocycles. The van der Waals surface area contributed by atoms with E-state index in [-0.39, 0.29) is 23.1 Å². The highest BCUT2D eigenvalue weighted by atomic mass is 16.2. The second-order valence-corrected chi connectivity index (χ2v) is 7.41. The summed E-state index contributed by atoms with van der Waals surface area (Å²) in [6, 6.07) is 15.5. The molecule has 0 N–H and O–H groups in total. The van der Waals surface area contributed by atoms with E-state index in [1.54, 1.807) is 16.8 Å². The monoisotopic (exact) mass is 375 g/mol. The smallest absolute Gasteiger partial charge is 0.265 e. The van der Waals surface area contributed by atoms with Gasteiger partial charge in [0.15, 0.2) is 0 Å². The first kappa shape index (κ1) is 18.4. The average Bonchev–Trinajstić information content (AvgIpc) is 2.75. The highest BCUT2D eigenvalue weighted by molar-refractivity contribution is 5.97. The third kappa shape index (κ3) is 3.44. The third-order valence-electron chi connectivity index (χ3n) is 5.62. The fraction of sp³-hybridized carbons (Fsp3) is 0.348. The van der Waals surface area contributed by atoms with Gasteiger partial charge in [0, 0.05) is 24.2 Å². The molecule has 1 saturated heterocycles. The van der Waals surface area contributed by atoms with Crippen molar-refractivity contribution in [3.63, 3.8) is 0 Å². The number of aromatic nitrogens is 2. The molecule has 5 nitrogen and oxygen atoms in total. The Kier molecular flexibility index (Phi) is 5.24. The molecule has 1 aliphatic heterocycles. The van der Waals surface area contributed by atoms with Gasteiger partial charge in [-0.25, -0.2) is 4.98 Å². The highest BCUT2D eigenvalue weighted by Gasteiger charge is 2.28. The van der Waals surface area contributed by atoms with E-state index in [1.165, 1.54) is 0 Å². The molecule has 3 heterocycles. The quantitative estimate of drug-likeness (QED) is 0.696. The van der Waals surface area contributed by atoms with Crippen LogP contribution in [0.2, 0.25) is 0 Å². The zero-order chi connectivity index (χ0) is 19.5. The number of hydrogen-bond donors (Lipinski definition) is 0. The Morgan fingerprint density at radius 2 is 1.96 bits per heavy atom. The van der Waals surface area contributed by atoms with Gasteiger partial charge in [-0.15, -0.1) is 0 Å². The number of carbonyl (C=O) groups is 1. The van der Waals surface area contributed by atoms with Crippen molar-refractivity contribution in [1.29, 1.82) is 0 Å². The first-order valence-electron chi connectivity index (χ1n) is 10.0. The Balaban J connectivity index is 1.82. The Bertz CT molecular complexity index is 1040. The molecular weight excluding hydrogens is 350 g/mol. The SMILES string of the molecule is CC[C@H]1CCCCN1C(=O)c1cc2cccnc2n(Cc2ccccc2)c1=O. The number of likely N-dealkylation sites (tertiary alicyclic amines) is 1. The Labute approximate surface area is 164 Å². The molecule has 2 aromatic heterocycles. The summed E-state index contributed by atoms with van der Waals surface area (Å²) < 4.78 is 1.63. The van der Waals surface area contributed by atoms with E-state index in [0.29, 0.717) is 12.2 Å². The molecule has 0 bridgehead atoms. The number of piperidine rings is 1. The maximum atomic E-state index is 13.3. The Morgan fingerprint density at radius 3 is 2.75 bits per heavy atom. The van der Waals surface area contributed by atoms with E-state index >= 15 is 0 Å². The van der Waals surface area contributed by atoms with Crippen LogP contribution in [0.25, 0.3) is 11.0 Å². The minimum Gasteiger partial charge on any atom is -0.336 e. The average molecular weight is 375 g/mol. The van der Waals surface area contributed by atoms with Crippen molar-refractivity contribution in [2.45, 2.75) is 45.2 Å². The van der Waals surface area contributed by atoms with Crippen LogP contribution in [0.3, 0.4) is 0 Å². The lowest BCUT2D eigenvalue weighted by Gasteiger charge is -2.35. The molecule has 4 rings (SSSR count). The summed E-state index contributed by atoms with van der Waals surface area (Å²) in [6.07, 6.45) is 5.74. The number of fused-ring (bicyclic) bond motifs is 1. The zero-order valence-corrected chi connectivity index (χ0v) is 16.2. The molecule has 1 atom stereocenters. The second-order valence-electron chi connectivity index (χ2n) is 7.41. The van der Waals surface area contributed by atoms with Gasteiger partial charge >= 0.3 is 0 Å². The standard InChI is InChI=1S/C23H25N3O2/c1-2-19-12-6-7-14-25(19)22(27)20-15-18-11-8-13-24-21(18)26(23(20)28)16-17-9-4-3-5-10-17/h3-5,8-11,13,15,19H,2,6-7,12,14,16H2,1H3/t19-/m0/s1. The van der Waals surface area contributed by atoms with Gasteiger partial charge in [0.2, 0.25) is 0 Å². The molecule has 5 heteroatoms. The van der Waals surface area contributed by atoms with Crippen molar-refractivity contribution in [2.75, 3.05) is 6.54 Å². The van der Waals surface area contributed by atoms with Crippen molar-refractivity contribution in [3.05, 3.63) is 76.2 Å². The number of rotatable bonds is 4. The Hall–Kier alpha value is -2.95. The molecule has 28 heavy (non-hydrogen) atoms. The lowest BCUT2D eigenvalue weighted by Crippen LogP contribution is -2.45. The van der Waals surface area contributed by atoms with Crippen LogP contribution >= 0.6 is 0 Å². The van der Waals surface area contributed by atoms with Crippen molar-refractivity contribution in [3.8, 4) is 0 Å². The lowest BCUT2D eigenvalue weighted by molar-refractivity contribution is 0.0606. The van der Waals surface area contributed by atoms with E-state index < -0.39 is 0 Å². The topological polar surface area (TPSA) is 55.2 Å². The van der Waals surface area contributed by atoms with E-state index in [4.69, 9.17) is 0 Å². The van der Waals surface area contributed by atoms with E-state index in [0.717, 1.165) is 43.2 Å². The number of hydrogen-bond acceptors (Lipinski definition) is 3. The van der Waals surface area contributed by atoms with Crippen LogP contribution < -0.4 is 5.56 Å². The minimum absolute atomic E-state index is 0.149. The molecule has 3 aromatic rings. The number of benzene rings is 1. The van der Waals surface area contributed by atoms with Gasteiger partial charge in [-0.3, -0.25) is 14.2 Å². The molecule has 1 amide bonds. The lowest BCUT2D eigenvalue weighted by atomic mass is 9.99. The summed E-state index contributed by atoms with van der Waals surface area (Å²) in [5.74, 6) is -0.149. The fourth-order valence-electron chi connectivity index (χ4n) is 4.12. The van der Waals surface area contributed by atoms with Crippen LogP contribution in [0.5, 0.6) is 0 Å². The predicted molar refractivity (Wildman–Crippen MR) is 111 cm³/mol. The van der Waals surface area contributed by atoms with Gasteiger partial charge in [-0.2, -0.15) is 0 Å². The third-order valence-corrected chi connectivity index (χ3v) is 5.62. The van der Waals surface area contributed by atoms with Crippen LogP contribution in [-0.2, 0) is 6.54 Å². The van der Waals surface area contributed by atoms with Crippen molar-refractivity contribution >= 4 is 16.9 Å². The first-order chi connectivity index (χ1) is 13.7. The number of carbonyl (C=O) groups excluding carboxylic acids is 1. The summed E-state index contributed by atoms with van der Waals surface area (Å²) >= 11 is 0. The summed E-state index contributed by atoms with van der Waals surface area (Å²) in [6.45, 7) is 3.22. The molecular formula is C23H25N3O2. The van der Waals surface area contributed by atoms with E-state index in [1.807, 2.05) is 47.4 Å². The summed E-state index contributed by atoms with van der Waals surface area (Å²) in [5.41, 5.74) is 1.60. The van der Waals surface area contributed by atoms with Gasteiger partial charge in [0.1, 0.15) is 11.2 Å². The second kappa shape index (κ2) is 7.97. The van der Waals surface area contributed by atoms with Crippen LogP contribution in [0.15, 0.2) is 59.5 Å². The maximum Gasteiger partial charge on any atom is 0.265 e. The van der Waals surface area contributed by atoms with Gasteiger partial charge in [0.25, 0.3) is 11.5 Å².